The lowest BCUT2D eigenvalue weighted by Crippen LogP contribution is -2.02. The highest BCUT2D eigenvalue weighted by molar-refractivity contribution is 8.00. The number of carboxylic acids is 1. The topological polar surface area (TPSA) is 72.3 Å². The van der Waals surface area contributed by atoms with Crippen LogP contribution in [-0.2, 0) is 16.1 Å². The smallest absolute Gasteiger partial charge is 0.313 e. The van der Waals surface area contributed by atoms with Crippen molar-refractivity contribution in [2.24, 2.45) is 0 Å². The van der Waals surface area contributed by atoms with Crippen LogP contribution in [0.25, 0.3) is 10.9 Å². The molecule has 0 saturated heterocycles. The minimum Gasteiger partial charge on any atom is -0.481 e. The zero-order chi connectivity index (χ0) is 13.8. The maximum Gasteiger partial charge on any atom is 0.313 e. The van der Waals surface area contributed by atoms with Gasteiger partial charge in [0.05, 0.1) is 11.3 Å². The number of aliphatic carboxylic acids is 1. The van der Waals surface area contributed by atoms with Crippen LogP contribution in [0.1, 0.15) is 5.82 Å². The molecule has 1 aromatic heterocycles. The molecular formula is C12H11ClN2O3S. The van der Waals surface area contributed by atoms with Crippen LogP contribution in [0.3, 0.4) is 0 Å². The molecule has 19 heavy (non-hydrogen) atoms. The van der Waals surface area contributed by atoms with E-state index < -0.39 is 5.97 Å². The van der Waals surface area contributed by atoms with E-state index in [1.165, 1.54) is 0 Å². The van der Waals surface area contributed by atoms with Gasteiger partial charge in [-0.3, -0.25) is 4.79 Å². The Kier molecular flexibility index (Phi) is 4.57. The molecule has 0 aliphatic carbocycles. The number of thioether (sulfide) groups is 1. The Morgan fingerprint density at radius 1 is 1.47 bits per heavy atom. The Morgan fingerprint density at radius 2 is 2.26 bits per heavy atom. The number of rotatable bonds is 5. The summed E-state index contributed by atoms with van der Waals surface area (Å²) in [7, 11) is 1.55. The predicted octanol–water partition coefficient (Wildman–Crippen LogP) is 2.61. The van der Waals surface area contributed by atoms with E-state index in [4.69, 9.17) is 21.4 Å². The first-order chi connectivity index (χ1) is 9.10. The van der Waals surface area contributed by atoms with Gasteiger partial charge in [0.15, 0.2) is 5.82 Å². The molecular weight excluding hydrogens is 288 g/mol. The van der Waals surface area contributed by atoms with Crippen molar-refractivity contribution in [3.8, 4) is 0 Å². The summed E-state index contributed by atoms with van der Waals surface area (Å²) in [5.41, 5.74) is 0.683. The van der Waals surface area contributed by atoms with Gasteiger partial charge in [-0.2, -0.15) is 0 Å². The van der Waals surface area contributed by atoms with Gasteiger partial charge in [0.25, 0.3) is 0 Å². The molecule has 7 heteroatoms. The van der Waals surface area contributed by atoms with Crippen molar-refractivity contribution in [2.45, 2.75) is 11.6 Å². The molecule has 0 fully saturated rings. The monoisotopic (exact) mass is 298 g/mol. The molecule has 0 atom stereocenters. The molecule has 0 aliphatic rings. The van der Waals surface area contributed by atoms with Crippen LogP contribution in [0.2, 0.25) is 5.02 Å². The number of aromatic nitrogens is 2. The first kappa shape index (κ1) is 14.0. The largest absolute Gasteiger partial charge is 0.481 e. The van der Waals surface area contributed by atoms with Gasteiger partial charge < -0.3 is 9.84 Å². The fourth-order valence-corrected chi connectivity index (χ4v) is 2.48. The zero-order valence-corrected chi connectivity index (χ0v) is 11.7. The number of fused-ring (bicyclic) bond motifs is 1. The number of benzene rings is 1. The number of hydrogen-bond donors (Lipinski definition) is 1. The van der Waals surface area contributed by atoms with Gasteiger partial charge in [0.2, 0.25) is 0 Å². The Morgan fingerprint density at radius 3 is 2.95 bits per heavy atom. The molecule has 0 saturated carbocycles. The fourth-order valence-electron chi connectivity index (χ4n) is 1.55. The van der Waals surface area contributed by atoms with E-state index in [0.29, 0.717) is 21.4 Å². The van der Waals surface area contributed by atoms with Crippen LogP contribution in [0.15, 0.2) is 23.2 Å². The molecule has 1 N–H and O–H groups in total. The van der Waals surface area contributed by atoms with Crippen molar-refractivity contribution in [1.29, 1.82) is 0 Å². The predicted molar refractivity (Wildman–Crippen MR) is 73.6 cm³/mol. The molecule has 100 valence electrons. The molecule has 0 bridgehead atoms. The van der Waals surface area contributed by atoms with Crippen molar-refractivity contribution in [2.75, 3.05) is 12.9 Å². The molecule has 0 spiro atoms. The third kappa shape index (κ3) is 3.56. The summed E-state index contributed by atoms with van der Waals surface area (Å²) < 4.78 is 5.00. The highest BCUT2D eigenvalue weighted by atomic mass is 35.5. The fraction of sp³-hybridized carbons (Fsp3) is 0.250. The second kappa shape index (κ2) is 6.18. The van der Waals surface area contributed by atoms with Crippen molar-refractivity contribution in [1.82, 2.24) is 9.97 Å². The van der Waals surface area contributed by atoms with E-state index in [1.54, 1.807) is 25.3 Å². The quantitative estimate of drug-likeness (QED) is 0.676. The second-order valence-electron chi connectivity index (χ2n) is 3.72. The molecule has 0 aliphatic heterocycles. The van der Waals surface area contributed by atoms with Crippen molar-refractivity contribution in [3.63, 3.8) is 0 Å². The molecule has 0 unspecified atom stereocenters. The lowest BCUT2D eigenvalue weighted by Gasteiger charge is -2.07. The van der Waals surface area contributed by atoms with Gasteiger partial charge in [0, 0.05) is 17.5 Å². The number of carbonyl (C=O) groups is 1. The molecule has 1 heterocycles. The number of hydrogen-bond acceptors (Lipinski definition) is 5. The normalized spacial score (nSPS) is 10.8. The third-order valence-corrected chi connectivity index (χ3v) is 3.49. The number of methoxy groups -OCH3 is 1. The first-order valence-electron chi connectivity index (χ1n) is 5.40. The zero-order valence-electron chi connectivity index (χ0n) is 10.1. The van der Waals surface area contributed by atoms with Crippen LogP contribution in [0.5, 0.6) is 0 Å². The number of halogens is 1. The molecule has 2 rings (SSSR count). The molecule has 0 amide bonds. The summed E-state index contributed by atoms with van der Waals surface area (Å²) in [6, 6.07) is 5.25. The summed E-state index contributed by atoms with van der Waals surface area (Å²) in [6.07, 6.45) is 0. The SMILES string of the molecule is COCc1nc(SCC(=O)O)c2ccc(Cl)cc2n1. The second-order valence-corrected chi connectivity index (χ2v) is 5.12. The van der Waals surface area contributed by atoms with Crippen molar-refractivity contribution < 1.29 is 14.6 Å². The van der Waals surface area contributed by atoms with Crippen LogP contribution >= 0.6 is 23.4 Å². The van der Waals surface area contributed by atoms with E-state index in [9.17, 15) is 4.79 Å². The van der Waals surface area contributed by atoms with E-state index in [-0.39, 0.29) is 12.4 Å². The van der Waals surface area contributed by atoms with Gasteiger partial charge in [-0.05, 0) is 18.2 Å². The minimum atomic E-state index is -0.890. The average molecular weight is 299 g/mol. The van der Waals surface area contributed by atoms with Gasteiger partial charge in [-0.1, -0.05) is 23.4 Å². The molecule has 5 nitrogen and oxygen atoms in total. The summed E-state index contributed by atoms with van der Waals surface area (Å²) in [4.78, 5) is 19.3. The highest BCUT2D eigenvalue weighted by Crippen LogP contribution is 2.27. The summed E-state index contributed by atoms with van der Waals surface area (Å²) in [5.74, 6) is -0.439. The number of ether oxygens (including phenoxy) is 1. The summed E-state index contributed by atoms with van der Waals surface area (Å²) in [5, 5.41) is 10.7. The van der Waals surface area contributed by atoms with Crippen molar-refractivity contribution >= 4 is 40.2 Å². The first-order valence-corrected chi connectivity index (χ1v) is 6.76. The summed E-state index contributed by atoms with van der Waals surface area (Å²) in [6.45, 7) is 0.267. The maximum absolute atomic E-state index is 10.7. The van der Waals surface area contributed by atoms with Gasteiger partial charge >= 0.3 is 5.97 Å². The van der Waals surface area contributed by atoms with E-state index in [1.807, 2.05) is 0 Å². The molecule has 0 radical (unpaired) electrons. The number of nitrogens with zero attached hydrogens (tertiary/aromatic N) is 2. The van der Waals surface area contributed by atoms with Crippen LogP contribution in [0.4, 0.5) is 0 Å². The average Bonchev–Trinajstić information content (AvgIpc) is 2.35. The Labute approximate surface area is 119 Å². The Hall–Kier alpha value is -1.37. The molecule has 2 aromatic rings. The number of carboxylic acid groups (broad SMARTS) is 1. The minimum absolute atomic E-state index is 0.0544. The van der Waals surface area contributed by atoms with Gasteiger partial charge in [-0.25, -0.2) is 9.97 Å². The van der Waals surface area contributed by atoms with Gasteiger partial charge in [-0.15, -0.1) is 0 Å². The van der Waals surface area contributed by atoms with Crippen molar-refractivity contribution in [3.05, 3.63) is 29.0 Å². The Balaban J connectivity index is 2.48. The van der Waals surface area contributed by atoms with E-state index >= 15 is 0 Å². The standard InChI is InChI=1S/C12H11ClN2O3S/c1-18-5-10-14-9-4-7(13)2-3-8(9)12(15-10)19-6-11(16)17/h2-4H,5-6H2,1H3,(H,16,17). The lowest BCUT2D eigenvalue weighted by molar-refractivity contribution is -0.133. The highest BCUT2D eigenvalue weighted by Gasteiger charge is 2.10. The summed E-state index contributed by atoms with van der Waals surface area (Å²) >= 11 is 7.09. The third-order valence-electron chi connectivity index (χ3n) is 2.28. The van der Waals surface area contributed by atoms with E-state index in [0.717, 1.165) is 17.1 Å². The van der Waals surface area contributed by atoms with E-state index in [2.05, 4.69) is 9.97 Å². The lowest BCUT2D eigenvalue weighted by atomic mass is 10.2. The Bertz CT molecular complexity index is 621. The van der Waals surface area contributed by atoms with Crippen LogP contribution < -0.4 is 0 Å². The maximum atomic E-state index is 10.7. The van der Waals surface area contributed by atoms with Crippen LogP contribution in [0, 0.1) is 0 Å². The van der Waals surface area contributed by atoms with Gasteiger partial charge in [0.1, 0.15) is 11.6 Å². The van der Waals surface area contributed by atoms with Crippen LogP contribution in [-0.4, -0.2) is 33.9 Å². The molecule has 1 aromatic carbocycles.